The fraction of sp³-hybridized carbons (Fsp3) is 0.833. The summed E-state index contributed by atoms with van der Waals surface area (Å²) in [7, 11) is 1.88. The minimum Gasteiger partial charge on any atom is -0.338 e. The molecular weight excluding hydrogens is 216 g/mol. The van der Waals surface area contributed by atoms with Gasteiger partial charge in [0.25, 0.3) is 0 Å². The Kier molecular flexibility index (Phi) is 4.12. The summed E-state index contributed by atoms with van der Waals surface area (Å²) in [5, 5.41) is 7.10. The van der Waals surface area contributed by atoms with Crippen LogP contribution in [0, 0.1) is 0 Å². The number of hydrogen-bond donors (Lipinski definition) is 1. The molecule has 1 aromatic heterocycles. The van der Waals surface area contributed by atoms with Crippen molar-refractivity contribution in [2.75, 3.05) is 20.1 Å². The summed E-state index contributed by atoms with van der Waals surface area (Å²) in [4.78, 5) is 6.94. The van der Waals surface area contributed by atoms with Crippen molar-refractivity contribution < 1.29 is 4.52 Å². The highest BCUT2D eigenvalue weighted by Gasteiger charge is 2.25. The van der Waals surface area contributed by atoms with Crippen LogP contribution in [0.5, 0.6) is 0 Å². The molecule has 0 aliphatic carbocycles. The summed E-state index contributed by atoms with van der Waals surface area (Å²) in [6.07, 6.45) is 2.27. The Morgan fingerprint density at radius 2 is 2.12 bits per heavy atom. The molecule has 0 radical (unpaired) electrons. The van der Waals surface area contributed by atoms with Crippen molar-refractivity contribution in [3.63, 3.8) is 0 Å². The van der Waals surface area contributed by atoms with Gasteiger partial charge in [0.05, 0.1) is 6.54 Å². The van der Waals surface area contributed by atoms with Gasteiger partial charge in [0.1, 0.15) is 0 Å². The molecule has 1 aliphatic rings. The third-order valence-electron chi connectivity index (χ3n) is 3.44. The van der Waals surface area contributed by atoms with E-state index in [1.165, 1.54) is 0 Å². The molecule has 0 amide bonds. The Bertz CT molecular complexity index is 342. The van der Waals surface area contributed by atoms with Crippen molar-refractivity contribution in [3.8, 4) is 0 Å². The second-order valence-electron chi connectivity index (χ2n) is 4.98. The molecule has 2 rings (SSSR count). The molecule has 1 saturated heterocycles. The van der Waals surface area contributed by atoms with Crippen LogP contribution in [0.15, 0.2) is 4.52 Å². The number of rotatable bonds is 4. The lowest BCUT2D eigenvalue weighted by atomic mass is 9.95. The van der Waals surface area contributed by atoms with Crippen LogP contribution in [0.2, 0.25) is 0 Å². The SMILES string of the molecule is CNCc1nc(C2CCN(C(C)C)CC2)no1. The van der Waals surface area contributed by atoms with Crippen molar-refractivity contribution in [1.29, 1.82) is 0 Å². The van der Waals surface area contributed by atoms with Crippen molar-refractivity contribution in [2.24, 2.45) is 0 Å². The molecule has 1 fully saturated rings. The maximum Gasteiger partial charge on any atom is 0.240 e. The van der Waals surface area contributed by atoms with Crippen molar-refractivity contribution in [1.82, 2.24) is 20.4 Å². The maximum absolute atomic E-state index is 5.20. The largest absolute Gasteiger partial charge is 0.338 e. The lowest BCUT2D eigenvalue weighted by molar-refractivity contribution is 0.168. The molecule has 96 valence electrons. The van der Waals surface area contributed by atoms with Gasteiger partial charge in [-0.3, -0.25) is 0 Å². The first-order valence-corrected chi connectivity index (χ1v) is 6.42. The Morgan fingerprint density at radius 1 is 1.41 bits per heavy atom. The number of piperidine rings is 1. The summed E-state index contributed by atoms with van der Waals surface area (Å²) in [6, 6.07) is 0.640. The number of nitrogens with one attached hydrogen (secondary N) is 1. The third kappa shape index (κ3) is 3.04. The summed E-state index contributed by atoms with van der Waals surface area (Å²) >= 11 is 0. The fourth-order valence-corrected chi connectivity index (χ4v) is 2.33. The predicted octanol–water partition coefficient (Wildman–Crippen LogP) is 1.38. The Labute approximate surface area is 103 Å². The zero-order chi connectivity index (χ0) is 12.3. The molecule has 17 heavy (non-hydrogen) atoms. The van der Waals surface area contributed by atoms with E-state index >= 15 is 0 Å². The number of nitrogens with zero attached hydrogens (tertiary/aromatic N) is 3. The topological polar surface area (TPSA) is 54.2 Å². The van der Waals surface area contributed by atoms with E-state index in [0.717, 1.165) is 31.8 Å². The van der Waals surface area contributed by atoms with E-state index in [2.05, 4.69) is 34.2 Å². The summed E-state index contributed by atoms with van der Waals surface area (Å²) in [6.45, 7) is 7.42. The molecule has 1 N–H and O–H groups in total. The minimum atomic E-state index is 0.472. The van der Waals surface area contributed by atoms with E-state index in [0.29, 0.717) is 24.4 Å². The number of hydrogen-bond acceptors (Lipinski definition) is 5. The molecule has 2 heterocycles. The Morgan fingerprint density at radius 3 is 2.71 bits per heavy atom. The molecule has 0 unspecified atom stereocenters. The summed E-state index contributed by atoms with van der Waals surface area (Å²) in [5.41, 5.74) is 0. The first kappa shape index (κ1) is 12.5. The normalized spacial score (nSPS) is 19.1. The molecule has 1 aliphatic heterocycles. The van der Waals surface area contributed by atoms with Gasteiger partial charge in [-0.15, -0.1) is 0 Å². The van der Waals surface area contributed by atoms with Gasteiger partial charge < -0.3 is 14.7 Å². The van der Waals surface area contributed by atoms with Gasteiger partial charge in [0, 0.05) is 12.0 Å². The van der Waals surface area contributed by atoms with Crippen LogP contribution in [0.4, 0.5) is 0 Å². The highest BCUT2D eigenvalue weighted by molar-refractivity contribution is 4.98. The van der Waals surface area contributed by atoms with E-state index in [1.807, 2.05) is 7.05 Å². The maximum atomic E-state index is 5.20. The average Bonchev–Trinajstić information content (AvgIpc) is 2.78. The van der Waals surface area contributed by atoms with Crippen LogP contribution in [-0.2, 0) is 6.54 Å². The Hall–Kier alpha value is -0.940. The number of aromatic nitrogens is 2. The van der Waals surface area contributed by atoms with Gasteiger partial charge in [0.15, 0.2) is 5.82 Å². The van der Waals surface area contributed by atoms with Crippen molar-refractivity contribution in [2.45, 2.75) is 45.2 Å². The standard InChI is InChI=1S/C12H22N4O/c1-9(2)16-6-4-10(5-7-16)12-14-11(8-13-3)17-15-12/h9-10,13H,4-8H2,1-3H3. The van der Waals surface area contributed by atoms with E-state index in [1.54, 1.807) is 0 Å². The lowest BCUT2D eigenvalue weighted by Gasteiger charge is -2.33. The highest BCUT2D eigenvalue weighted by atomic mass is 16.5. The lowest BCUT2D eigenvalue weighted by Crippen LogP contribution is -2.38. The second kappa shape index (κ2) is 5.60. The second-order valence-corrected chi connectivity index (χ2v) is 4.98. The van der Waals surface area contributed by atoms with Crippen LogP contribution >= 0.6 is 0 Å². The van der Waals surface area contributed by atoms with Gasteiger partial charge in [0.2, 0.25) is 5.89 Å². The van der Waals surface area contributed by atoms with Crippen LogP contribution in [-0.4, -0.2) is 41.2 Å². The first-order chi connectivity index (χ1) is 8.20. The van der Waals surface area contributed by atoms with E-state index in [-0.39, 0.29) is 0 Å². The third-order valence-corrected chi connectivity index (χ3v) is 3.44. The van der Waals surface area contributed by atoms with Gasteiger partial charge >= 0.3 is 0 Å². The first-order valence-electron chi connectivity index (χ1n) is 6.42. The average molecular weight is 238 g/mol. The van der Waals surface area contributed by atoms with Gasteiger partial charge in [-0.1, -0.05) is 5.16 Å². The zero-order valence-electron chi connectivity index (χ0n) is 10.9. The molecule has 1 aromatic rings. The van der Waals surface area contributed by atoms with E-state index in [4.69, 9.17) is 4.52 Å². The minimum absolute atomic E-state index is 0.472. The van der Waals surface area contributed by atoms with Crippen LogP contribution in [0.25, 0.3) is 0 Å². The number of likely N-dealkylation sites (tertiary alicyclic amines) is 1. The molecule has 0 saturated carbocycles. The van der Waals surface area contributed by atoms with Crippen LogP contribution in [0.3, 0.4) is 0 Å². The van der Waals surface area contributed by atoms with Crippen LogP contribution < -0.4 is 5.32 Å². The smallest absolute Gasteiger partial charge is 0.240 e. The molecule has 0 aromatic carbocycles. The molecule has 0 bridgehead atoms. The molecule has 0 spiro atoms. The monoisotopic (exact) mass is 238 g/mol. The predicted molar refractivity (Wildman–Crippen MR) is 65.7 cm³/mol. The molecule has 0 atom stereocenters. The van der Waals surface area contributed by atoms with E-state index in [9.17, 15) is 0 Å². The summed E-state index contributed by atoms with van der Waals surface area (Å²) in [5.74, 6) is 2.05. The highest BCUT2D eigenvalue weighted by Crippen LogP contribution is 2.26. The van der Waals surface area contributed by atoms with Crippen molar-refractivity contribution in [3.05, 3.63) is 11.7 Å². The Balaban J connectivity index is 1.91. The fourth-order valence-electron chi connectivity index (χ4n) is 2.33. The van der Waals surface area contributed by atoms with Crippen LogP contribution in [0.1, 0.15) is 44.3 Å². The quantitative estimate of drug-likeness (QED) is 0.858. The van der Waals surface area contributed by atoms with Gasteiger partial charge in [-0.25, -0.2) is 0 Å². The molecule has 5 heteroatoms. The summed E-state index contributed by atoms with van der Waals surface area (Å²) < 4.78 is 5.20. The van der Waals surface area contributed by atoms with Gasteiger partial charge in [-0.05, 0) is 46.8 Å². The zero-order valence-corrected chi connectivity index (χ0v) is 10.9. The van der Waals surface area contributed by atoms with E-state index < -0.39 is 0 Å². The molecule has 5 nitrogen and oxygen atoms in total. The van der Waals surface area contributed by atoms with Crippen molar-refractivity contribution >= 4 is 0 Å². The molecular formula is C12H22N4O. The van der Waals surface area contributed by atoms with Gasteiger partial charge in [-0.2, -0.15) is 4.98 Å².